The van der Waals surface area contributed by atoms with Crippen LogP contribution in [0.2, 0.25) is 0 Å². The van der Waals surface area contributed by atoms with Crippen molar-refractivity contribution in [3.8, 4) is 0 Å². The number of nitro benzene ring substituents is 1. The molecule has 2 rings (SSSR count). The molecular weight excluding hydrogens is 294 g/mol. The van der Waals surface area contributed by atoms with Gasteiger partial charge >= 0.3 is 0 Å². The standard InChI is InChI=1S/C13H19N3O4S/c1-2-13(14)7-9-15(10-8-13)21(19,20)12-5-3-11(4-6-12)16(17)18/h3-6H,2,7-10,14H2,1H3. The molecule has 1 fully saturated rings. The molecule has 0 spiro atoms. The third kappa shape index (κ3) is 3.22. The maximum atomic E-state index is 12.5. The second-order valence-corrected chi connectivity index (χ2v) is 7.31. The van der Waals surface area contributed by atoms with Gasteiger partial charge in [-0.1, -0.05) is 6.92 Å². The zero-order valence-electron chi connectivity index (χ0n) is 11.9. The third-order valence-corrected chi connectivity index (χ3v) is 6.02. The molecule has 1 aliphatic rings. The van der Waals surface area contributed by atoms with Gasteiger partial charge in [0.05, 0.1) is 9.82 Å². The molecule has 1 aromatic rings. The Morgan fingerprint density at radius 3 is 2.24 bits per heavy atom. The van der Waals surface area contributed by atoms with Crippen molar-refractivity contribution in [2.75, 3.05) is 13.1 Å². The van der Waals surface area contributed by atoms with Crippen molar-refractivity contribution < 1.29 is 13.3 Å². The first-order valence-corrected chi connectivity index (χ1v) is 8.26. The zero-order valence-corrected chi connectivity index (χ0v) is 12.7. The predicted molar refractivity (Wildman–Crippen MR) is 78.3 cm³/mol. The number of piperidine rings is 1. The van der Waals surface area contributed by atoms with Crippen LogP contribution >= 0.6 is 0 Å². The smallest absolute Gasteiger partial charge is 0.269 e. The van der Waals surface area contributed by atoms with Crippen LogP contribution < -0.4 is 5.73 Å². The van der Waals surface area contributed by atoms with E-state index < -0.39 is 14.9 Å². The van der Waals surface area contributed by atoms with Crippen LogP contribution in [0.25, 0.3) is 0 Å². The number of hydrogen-bond acceptors (Lipinski definition) is 5. The second-order valence-electron chi connectivity index (χ2n) is 5.37. The number of non-ortho nitro benzene ring substituents is 1. The van der Waals surface area contributed by atoms with Crippen LogP contribution in [0.4, 0.5) is 5.69 Å². The van der Waals surface area contributed by atoms with Crippen LogP contribution in [0.3, 0.4) is 0 Å². The first kappa shape index (κ1) is 15.9. The van der Waals surface area contributed by atoms with Crippen LogP contribution in [0, 0.1) is 10.1 Å². The van der Waals surface area contributed by atoms with Crippen LogP contribution in [0.5, 0.6) is 0 Å². The average molecular weight is 313 g/mol. The molecule has 1 saturated heterocycles. The molecule has 0 unspecified atom stereocenters. The molecule has 0 radical (unpaired) electrons. The Morgan fingerprint density at radius 2 is 1.81 bits per heavy atom. The fourth-order valence-corrected chi connectivity index (χ4v) is 3.86. The van der Waals surface area contributed by atoms with Gasteiger partial charge in [-0.05, 0) is 31.4 Å². The van der Waals surface area contributed by atoms with Gasteiger partial charge in [0, 0.05) is 30.8 Å². The van der Waals surface area contributed by atoms with E-state index in [1.165, 1.54) is 28.6 Å². The normalized spacial score (nSPS) is 19.3. The minimum absolute atomic E-state index is 0.0779. The highest BCUT2D eigenvalue weighted by Crippen LogP contribution is 2.27. The van der Waals surface area contributed by atoms with Crippen LogP contribution in [-0.2, 0) is 10.0 Å². The second kappa shape index (κ2) is 5.70. The maximum Gasteiger partial charge on any atom is 0.269 e. The molecule has 1 aromatic carbocycles. The molecule has 2 N–H and O–H groups in total. The van der Waals surface area contributed by atoms with E-state index in [4.69, 9.17) is 5.73 Å². The molecule has 8 heteroatoms. The Kier molecular flexibility index (Phi) is 4.31. The Labute approximate surface area is 123 Å². The van der Waals surface area contributed by atoms with Gasteiger partial charge in [0.2, 0.25) is 10.0 Å². The summed E-state index contributed by atoms with van der Waals surface area (Å²) in [6.45, 7) is 2.76. The summed E-state index contributed by atoms with van der Waals surface area (Å²) in [5.41, 5.74) is 5.74. The summed E-state index contributed by atoms with van der Waals surface area (Å²) in [5, 5.41) is 10.6. The minimum atomic E-state index is -3.61. The quantitative estimate of drug-likeness (QED) is 0.669. The lowest BCUT2D eigenvalue weighted by Crippen LogP contribution is -2.51. The Morgan fingerprint density at radius 1 is 1.29 bits per heavy atom. The van der Waals surface area contributed by atoms with Crippen molar-refractivity contribution in [2.45, 2.75) is 36.6 Å². The van der Waals surface area contributed by atoms with Crippen molar-refractivity contribution in [3.63, 3.8) is 0 Å². The number of sulfonamides is 1. The van der Waals surface area contributed by atoms with Gasteiger partial charge in [-0.2, -0.15) is 4.31 Å². The lowest BCUT2D eigenvalue weighted by atomic mass is 9.87. The molecule has 0 aliphatic carbocycles. The number of nitrogens with two attached hydrogens (primary N) is 1. The van der Waals surface area contributed by atoms with Gasteiger partial charge in [0.15, 0.2) is 0 Å². The van der Waals surface area contributed by atoms with E-state index >= 15 is 0 Å². The predicted octanol–water partition coefficient (Wildman–Crippen LogP) is 1.49. The summed E-state index contributed by atoms with van der Waals surface area (Å²) >= 11 is 0. The summed E-state index contributed by atoms with van der Waals surface area (Å²) in [6, 6.07) is 4.96. The van der Waals surface area contributed by atoms with Crippen LogP contribution in [0.1, 0.15) is 26.2 Å². The van der Waals surface area contributed by atoms with Crippen LogP contribution in [-0.4, -0.2) is 36.3 Å². The highest BCUT2D eigenvalue weighted by atomic mass is 32.2. The van der Waals surface area contributed by atoms with E-state index in [-0.39, 0.29) is 16.1 Å². The van der Waals surface area contributed by atoms with Gasteiger partial charge in [0.1, 0.15) is 0 Å². The fraction of sp³-hybridized carbons (Fsp3) is 0.538. The van der Waals surface area contributed by atoms with E-state index in [9.17, 15) is 18.5 Å². The Bertz CT molecular complexity index is 619. The van der Waals surface area contributed by atoms with Gasteiger partial charge in [-0.3, -0.25) is 10.1 Å². The minimum Gasteiger partial charge on any atom is -0.325 e. The Balaban J connectivity index is 2.17. The SMILES string of the molecule is CCC1(N)CCN(S(=O)(=O)c2ccc([N+](=O)[O-])cc2)CC1. The molecule has 116 valence electrons. The molecule has 0 amide bonds. The number of nitrogens with zero attached hydrogens (tertiary/aromatic N) is 2. The molecular formula is C13H19N3O4S. The topological polar surface area (TPSA) is 107 Å². The van der Waals surface area contributed by atoms with Crippen molar-refractivity contribution in [3.05, 3.63) is 34.4 Å². The molecule has 0 bridgehead atoms. The van der Waals surface area contributed by atoms with Crippen molar-refractivity contribution in [2.24, 2.45) is 5.73 Å². The van der Waals surface area contributed by atoms with Crippen molar-refractivity contribution >= 4 is 15.7 Å². The van der Waals surface area contributed by atoms with Crippen molar-refractivity contribution in [1.29, 1.82) is 0 Å². The lowest BCUT2D eigenvalue weighted by molar-refractivity contribution is -0.384. The summed E-state index contributed by atoms with van der Waals surface area (Å²) in [5.74, 6) is 0. The number of rotatable bonds is 4. The first-order valence-electron chi connectivity index (χ1n) is 6.82. The highest BCUT2D eigenvalue weighted by molar-refractivity contribution is 7.89. The molecule has 21 heavy (non-hydrogen) atoms. The molecule has 1 heterocycles. The van der Waals surface area contributed by atoms with Crippen molar-refractivity contribution in [1.82, 2.24) is 4.31 Å². The van der Waals surface area contributed by atoms with E-state index in [0.29, 0.717) is 25.9 Å². The van der Waals surface area contributed by atoms with Crippen LogP contribution in [0.15, 0.2) is 29.2 Å². The third-order valence-electron chi connectivity index (χ3n) is 4.11. The molecule has 1 aliphatic heterocycles. The average Bonchev–Trinajstić information content (AvgIpc) is 2.48. The molecule has 0 aromatic heterocycles. The monoisotopic (exact) mass is 313 g/mol. The number of hydrogen-bond donors (Lipinski definition) is 1. The zero-order chi connectivity index (χ0) is 15.7. The van der Waals surface area contributed by atoms with Gasteiger partial charge in [-0.25, -0.2) is 8.42 Å². The fourth-order valence-electron chi connectivity index (χ4n) is 2.41. The van der Waals surface area contributed by atoms with Gasteiger partial charge in [-0.15, -0.1) is 0 Å². The molecule has 7 nitrogen and oxygen atoms in total. The lowest BCUT2D eigenvalue weighted by Gasteiger charge is -2.37. The van der Waals surface area contributed by atoms with E-state index in [1.54, 1.807) is 0 Å². The highest BCUT2D eigenvalue weighted by Gasteiger charge is 2.34. The Hall–Kier alpha value is -1.51. The first-order chi connectivity index (χ1) is 9.78. The van der Waals surface area contributed by atoms with E-state index in [0.717, 1.165) is 6.42 Å². The molecule has 0 atom stereocenters. The largest absolute Gasteiger partial charge is 0.325 e. The summed E-state index contributed by atoms with van der Waals surface area (Å²) in [4.78, 5) is 10.1. The van der Waals surface area contributed by atoms with Gasteiger partial charge in [0.25, 0.3) is 5.69 Å². The summed E-state index contributed by atoms with van der Waals surface area (Å²) in [6.07, 6.45) is 2.06. The summed E-state index contributed by atoms with van der Waals surface area (Å²) in [7, 11) is -3.61. The summed E-state index contributed by atoms with van der Waals surface area (Å²) < 4.78 is 26.4. The van der Waals surface area contributed by atoms with E-state index in [2.05, 4.69) is 0 Å². The number of benzene rings is 1. The molecule has 0 saturated carbocycles. The van der Waals surface area contributed by atoms with Gasteiger partial charge < -0.3 is 5.73 Å². The maximum absolute atomic E-state index is 12.5. The van der Waals surface area contributed by atoms with E-state index in [1.807, 2.05) is 6.92 Å². The number of nitro groups is 1.